The summed E-state index contributed by atoms with van der Waals surface area (Å²) in [6.07, 6.45) is 0. The molecule has 4 heteroatoms. The van der Waals surface area contributed by atoms with Gasteiger partial charge in [0.2, 0.25) is 0 Å². The highest BCUT2D eigenvalue weighted by Gasteiger charge is 1.98. The minimum Gasteiger partial charge on any atom is -0.384 e. The van der Waals surface area contributed by atoms with Crippen molar-refractivity contribution in [3.8, 4) is 11.8 Å². The van der Waals surface area contributed by atoms with Gasteiger partial charge >= 0.3 is 0 Å². The van der Waals surface area contributed by atoms with Crippen LogP contribution in [-0.4, -0.2) is 31.5 Å². The third-order valence-corrected chi connectivity index (χ3v) is 2.94. The van der Waals surface area contributed by atoms with Crippen LogP contribution in [-0.2, 0) is 16.1 Å². The van der Waals surface area contributed by atoms with Crippen LogP contribution in [0.25, 0.3) is 0 Å². The summed E-state index contributed by atoms with van der Waals surface area (Å²) in [7, 11) is 0. The molecule has 1 rings (SSSR count). The number of thiophene rings is 1. The molecule has 0 saturated heterocycles. The fourth-order valence-corrected chi connectivity index (χ4v) is 2.02. The summed E-state index contributed by atoms with van der Waals surface area (Å²) in [6.45, 7) is 6.78. The van der Waals surface area contributed by atoms with Crippen molar-refractivity contribution in [3.63, 3.8) is 0 Å². The van der Waals surface area contributed by atoms with Crippen molar-refractivity contribution in [2.45, 2.75) is 20.5 Å². The largest absolute Gasteiger partial charge is 0.384 e. The summed E-state index contributed by atoms with van der Waals surface area (Å²) in [4.78, 5) is 1.14. The smallest absolute Gasteiger partial charge is 0.104 e. The van der Waals surface area contributed by atoms with E-state index in [2.05, 4.69) is 25.7 Å². The number of aliphatic hydroxyl groups excluding tert-OH is 1. The van der Waals surface area contributed by atoms with Crippen LogP contribution in [0.4, 0.5) is 0 Å². The van der Waals surface area contributed by atoms with Gasteiger partial charge in [0.05, 0.1) is 19.8 Å². The second kappa shape index (κ2) is 9.12. The van der Waals surface area contributed by atoms with Gasteiger partial charge in [0.1, 0.15) is 6.61 Å². The number of hydrogen-bond donors (Lipinski definition) is 1. The maximum absolute atomic E-state index is 8.59. The molecule has 0 aliphatic heterocycles. The highest BCUT2D eigenvalue weighted by Crippen LogP contribution is 2.14. The predicted octanol–water partition coefficient (Wildman–Crippen LogP) is 2.28. The van der Waals surface area contributed by atoms with Gasteiger partial charge in [0.15, 0.2) is 0 Å². The molecule has 0 radical (unpaired) electrons. The summed E-state index contributed by atoms with van der Waals surface area (Å²) in [6, 6.07) is 1.99. The standard InChI is InChI=1S/C14H20O3S/c1-12(2)9-16-6-7-17-10-14-8-13(11-18-14)4-3-5-15/h8,11-12,15H,5-7,9-10H2,1-2H3. The molecule has 0 bridgehead atoms. The van der Waals surface area contributed by atoms with Crippen molar-refractivity contribution >= 4 is 11.3 Å². The number of rotatable bonds is 7. The van der Waals surface area contributed by atoms with Crippen LogP contribution in [0.5, 0.6) is 0 Å². The summed E-state index contributed by atoms with van der Waals surface area (Å²) in [5, 5.41) is 10.6. The van der Waals surface area contributed by atoms with Gasteiger partial charge in [-0.15, -0.1) is 11.3 Å². The third-order valence-electron chi connectivity index (χ3n) is 2.03. The second-order valence-corrected chi connectivity index (χ2v) is 5.28. The van der Waals surface area contributed by atoms with Crippen LogP contribution in [0.3, 0.4) is 0 Å². The molecule has 3 nitrogen and oxygen atoms in total. The van der Waals surface area contributed by atoms with Gasteiger partial charge in [0, 0.05) is 22.4 Å². The number of aliphatic hydroxyl groups is 1. The Morgan fingerprint density at radius 1 is 1.33 bits per heavy atom. The first-order valence-corrected chi connectivity index (χ1v) is 6.93. The minimum atomic E-state index is -0.102. The summed E-state index contributed by atoms with van der Waals surface area (Å²) in [5.74, 6) is 6.06. The van der Waals surface area contributed by atoms with Gasteiger partial charge in [-0.25, -0.2) is 0 Å². The Morgan fingerprint density at radius 2 is 2.11 bits per heavy atom. The summed E-state index contributed by atoms with van der Waals surface area (Å²) < 4.78 is 10.9. The van der Waals surface area contributed by atoms with Crippen molar-refractivity contribution in [2.75, 3.05) is 26.4 Å². The van der Waals surface area contributed by atoms with E-state index in [9.17, 15) is 0 Å². The molecule has 0 aliphatic carbocycles. The first-order chi connectivity index (χ1) is 8.72. The van der Waals surface area contributed by atoms with Crippen LogP contribution < -0.4 is 0 Å². The van der Waals surface area contributed by atoms with Gasteiger partial charge in [-0.2, -0.15) is 0 Å². The maximum atomic E-state index is 8.59. The minimum absolute atomic E-state index is 0.102. The average molecular weight is 268 g/mol. The average Bonchev–Trinajstić information content (AvgIpc) is 2.78. The van der Waals surface area contributed by atoms with Crippen LogP contribution >= 0.6 is 11.3 Å². The molecule has 0 fully saturated rings. The molecular weight excluding hydrogens is 248 g/mol. The maximum Gasteiger partial charge on any atom is 0.104 e. The molecule has 0 unspecified atom stereocenters. The zero-order valence-corrected chi connectivity index (χ0v) is 11.8. The Balaban J connectivity index is 2.14. The zero-order chi connectivity index (χ0) is 13.2. The van der Waals surface area contributed by atoms with Gasteiger partial charge < -0.3 is 14.6 Å². The third kappa shape index (κ3) is 6.77. The Kier molecular flexibility index (Phi) is 7.70. The molecule has 1 aromatic rings. The first kappa shape index (κ1) is 15.2. The van der Waals surface area contributed by atoms with Gasteiger partial charge in [-0.3, -0.25) is 0 Å². The van der Waals surface area contributed by atoms with Crippen molar-refractivity contribution in [3.05, 3.63) is 21.9 Å². The van der Waals surface area contributed by atoms with E-state index >= 15 is 0 Å². The number of hydrogen-bond acceptors (Lipinski definition) is 4. The first-order valence-electron chi connectivity index (χ1n) is 6.05. The molecule has 18 heavy (non-hydrogen) atoms. The zero-order valence-electron chi connectivity index (χ0n) is 10.9. The van der Waals surface area contributed by atoms with Crippen LogP contribution in [0, 0.1) is 17.8 Å². The van der Waals surface area contributed by atoms with E-state index in [1.807, 2.05) is 11.4 Å². The lowest BCUT2D eigenvalue weighted by molar-refractivity contribution is 0.0322. The van der Waals surface area contributed by atoms with E-state index in [1.165, 1.54) is 0 Å². The molecule has 100 valence electrons. The summed E-state index contributed by atoms with van der Waals surface area (Å²) >= 11 is 1.62. The Morgan fingerprint density at radius 3 is 2.83 bits per heavy atom. The molecule has 0 saturated carbocycles. The van der Waals surface area contributed by atoms with E-state index in [4.69, 9.17) is 14.6 Å². The monoisotopic (exact) mass is 268 g/mol. The van der Waals surface area contributed by atoms with Crippen LogP contribution in [0.15, 0.2) is 11.4 Å². The lowest BCUT2D eigenvalue weighted by Crippen LogP contribution is -2.08. The fraction of sp³-hybridized carbons (Fsp3) is 0.571. The molecular formula is C14H20O3S. The van der Waals surface area contributed by atoms with Gasteiger partial charge in [0.25, 0.3) is 0 Å². The Bertz CT molecular complexity index is 387. The Labute approximate surface area is 113 Å². The molecule has 0 aromatic carbocycles. The molecule has 0 atom stereocenters. The van der Waals surface area contributed by atoms with E-state index < -0.39 is 0 Å². The van der Waals surface area contributed by atoms with Crippen molar-refractivity contribution in [1.29, 1.82) is 0 Å². The quantitative estimate of drug-likeness (QED) is 0.609. The van der Waals surface area contributed by atoms with Gasteiger partial charge in [-0.05, 0) is 12.0 Å². The van der Waals surface area contributed by atoms with Crippen molar-refractivity contribution < 1.29 is 14.6 Å². The highest BCUT2D eigenvalue weighted by atomic mass is 32.1. The lowest BCUT2D eigenvalue weighted by atomic mass is 10.2. The summed E-state index contributed by atoms with van der Waals surface area (Å²) in [5.41, 5.74) is 0.934. The second-order valence-electron chi connectivity index (χ2n) is 4.28. The molecule has 0 aliphatic rings. The molecule has 0 amide bonds. The topological polar surface area (TPSA) is 38.7 Å². The molecule has 1 heterocycles. The predicted molar refractivity (Wildman–Crippen MR) is 73.6 cm³/mol. The molecule has 1 N–H and O–H groups in total. The van der Waals surface area contributed by atoms with Crippen molar-refractivity contribution in [1.82, 2.24) is 0 Å². The Hall–Kier alpha value is -0.860. The highest BCUT2D eigenvalue weighted by molar-refractivity contribution is 7.10. The van der Waals surface area contributed by atoms with E-state index in [0.717, 1.165) is 17.0 Å². The normalized spacial score (nSPS) is 10.4. The molecule has 1 aromatic heterocycles. The van der Waals surface area contributed by atoms with E-state index in [0.29, 0.717) is 25.7 Å². The van der Waals surface area contributed by atoms with Crippen molar-refractivity contribution in [2.24, 2.45) is 5.92 Å². The van der Waals surface area contributed by atoms with Crippen LogP contribution in [0.1, 0.15) is 24.3 Å². The fourth-order valence-electron chi connectivity index (χ4n) is 1.27. The number of ether oxygens (including phenoxy) is 2. The lowest BCUT2D eigenvalue weighted by Gasteiger charge is -2.06. The van der Waals surface area contributed by atoms with Crippen LogP contribution in [0.2, 0.25) is 0 Å². The van der Waals surface area contributed by atoms with E-state index in [-0.39, 0.29) is 6.61 Å². The van der Waals surface area contributed by atoms with E-state index in [1.54, 1.807) is 11.3 Å². The molecule has 0 spiro atoms. The van der Waals surface area contributed by atoms with Gasteiger partial charge in [-0.1, -0.05) is 25.7 Å². The SMILES string of the molecule is CC(C)COCCOCc1cc(C#CCO)cs1.